The summed E-state index contributed by atoms with van der Waals surface area (Å²) in [6, 6.07) is 3.43. The standard InChI is InChI=1S/C14H18F2N2O/c1-18(14(19)6-10-4-5-17-8-10)9-11-2-3-12(15)7-13(11)16/h2-3,7,10,17H,4-6,8-9H2,1H3. The van der Waals surface area contributed by atoms with Crippen LogP contribution < -0.4 is 5.32 Å². The van der Waals surface area contributed by atoms with E-state index in [0.29, 0.717) is 17.9 Å². The van der Waals surface area contributed by atoms with Crippen LogP contribution in [0.25, 0.3) is 0 Å². The van der Waals surface area contributed by atoms with Gasteiger partial charge in [-0.15, -0.1) is 0 Å². The van der Waals surface area contributed by atoms with Crippen LogP contribution in [0.2, 0.25) is 0 Å². The maximum absolute atomic E-state index is 13.5. The van der Waals surface area contributed by atoms with E-state index in [2.05, 4.69) is 5.32 Å². The molecule has 2 rings (SSSR count). The van der Waals surface area contributed by atoms with E-state index in [4.69, 9.17) is 0 Å². The number of halogens is 2. The SMILES string of the molecule is CN(Cc1ccc(F)cc1F)C(=O)CC1CCNC1. The molecule has 5 heteroatoms. The van der Waals surface area contributed by atoms with Gasteiger partial charge in [0.1, 0.15) is 11.6 Å². The summed E-state index contributed by atoms with van der Waals surface area (Å²) >= 11 is 0. The third kappa shape index (κ3) is 3.73. The Kier molecular flexibility index (Phi) is 4.47. The molecular weight excluding hydrogens is 250 g/mol. The molecule has 3 nitrogen and oxygen atoms in total. The fraction of sp³-hybridized carbons (Fsp3) is 0.500. The molecule has 0 aromatic heterocycles. The number of amides is 1. The molecule has 0 spiro atoms. The van der Waals surface area contributed by atoms with Crippen molar-refractivity contribution in [1.29, 1.82) is 0 Å². The van der Waals surface area contributed by atoms with Gasteiger partial charge in [0.25, 0.3) is 0 Å². The van der Waals surface area contributed by atoms with E-state index in [0.717, 1.165) is 25.6 Å². The minimum atomic E-state index is -0.609. The van der Waals surface area contributed by atoms with Gasteiger partial charge in [0.15, 0.2) is 0 Å². The van der Waals surface area contributed by atoms with Crippen LogP contribution in [-0.2, 0) is 11.3 Å². The van der Waals surface area contributed by atoms with Gasteiger partial charge in [0.2, 0.25) is 5.91 Å². The smallest absolute Gasteiger partial charge is 0.222 e. The number of carbonyl (C=O) groups is 1. The number of carbonyl (C=O) groups excluding carboxylic acids is 1. The van der Waals surface area contributed by atoms with Gasteiger partial charge in [0.05, 0.1) is 0 Å². The Morgan fingerprint density at radius 3 is 2.89 bits per heavy atom. The number of hydrogen-bond acceptors (Lipinski definition) is 2. The highest BCUT2D eigenvalue weighted by Crippen LogP contribution is 2.16. The Balaban J connectivity index is 1.92. The zero-order chi connectivity index (χ0) is 13.8. The first-order chi connectivity index (χ1) is 9.06. The van der Waals surface area contributed by atoms with Crippen LogP contribution in [0.15, 0.2) is 18.2 Å². The molecule has 1 aliphatic rings. The van der Waals surface area contributed by atoms with Crippen molar-refractivity contribution in [3.05, 3.63) is 35.4 Å². The highest BCUT2D eigenvalue weighted by molar-refractivity contribution is 5.76. The predicted molar refractivity (Wildman–Crippen MR) is 68.4 cm³/mol. The van der Waals surface area contributed by atoms with Crippen molar-refractivity contribution in [3.8, 4) is 0 Å². The minimum absolute atomic E-state index is 0.00238. The van der Waals surface area contributed by atoms with Crippen molar-refractivity contribution < 1.29 is 13.6 Å². The summed E-state index contributed by atoms with van der Waals surface area (Å²) in [6.45, 7) is 1.99. The monoisotopic (exact) mass is 268 g/mol. The second-order valence-electron chi connectivity index (χ2n) is 5.05. The van der Waals surface area contributed by atoms with Crippen LogP contribution in [-0.4, -0.2) is 30.9 Å². The van der Waals surface area contributed by atoms with E-state index < -0.39 is 11.6 Å². The van der Waals surface area contributed by atoms with Crippen molar-refractivity contribution in [3.63, 3.8) is 0 Å². The number of hydrogen-bond donors (Lipinski definition) is 1. The highest BCUT2D eigenvalue weighted by Gasteiger charge is 2.20. The average molecular weight is 268 g/mol. The second-order valence-corrected chi connectivity index (χ2v) is 5.05. The molecule has 0 bridgehead atoms. The first-order valence-corrected chi connectivity index (χ1v) is 6.45. The lowest BCUT2D eigenvalue weighted by Crippen LogP contribution is -2.28. The lowest BCUT2D eigenvalue weighted by Gasteiger charge is -2.19. The number of benzene rings is 1. The normalized spacial score (nSPS) is 18.6. The van der Waals surface area contributed by atoms with Crippen LogP contribution in [0.5, 0.6) is 0 Å². The highest BCUT2D eigenvalue weighted by atomic mass is 19.1. The van der Waals surface area contributed by atoms with Crippen molar-refractivity contribution in [2.75, 3.05) is 20.1 Å². The van der Waals surface area contributed by atoms with E-state index in [1.807, 2.05) is 0 Å². The third-order valence-electron chi connectivity index (χ3n) is 3.47. The van der Waals surface area contributed by atoms with Gasteiger partial charge in [-0.05, 0) is 31.5 Å². The van der Waals surface area contributed by atoms with Gasteiger partial charge in [0, 0.05) is 31.6 Å². The van der Waals surface area contributed by atoms with E-state index >= 15 is 0 Å². The van der Waals surface area contributed by atoms with Crippen molar-refractivity contribution >= 4 is 5.91 Å². The quantitative estimate of drug-likeness (QED) is 0.905. The van der Waals surface area contributed by atoms with Crippen molar-refractivity contribution in [2.24, 2.45) is 5.92 Å². The van der Waals surface area contributed by atoms with Crippen molar-refractivity contribution in [2.45, 2.75) is 19.4 Å². The van der Waals surface area contributed by atoms with Gasteiger partial charge in [-0.3, -0.25) is 4.79 Å². The molecule has 1 fully saturated rings. The van der Waals surface area contributed by atoms with Gasteiger partial charge in [-0.2, -0.15) is 0 Å². The Hall–Kier alpha value is -1.49. The average Bonchev–Trinajstić information content (AvgIpc) is 2.85. The molecule has 0 radical (unpaired) electrons. The van der Waals surface area contributed by atoms with Crippen LogP contribution in [0.1, 0.15) is 18.4 Å². The maximum Gasteiger partial charge on any atom is 0.222 e. The van der Waals surface area contributed by atoms with Crippen molar-refractivity contribution in [1.82, 2.24) is 10.2 Å². The molecular formula is C14H18F2N2O. The van der Waals surface area contributed by atoms with Gasteiger partial charge in [-0.25, -0.2) is 8.78 Å². The lowest BCUT2D eigenvalue weighted by molar-refractivity contribution is -0.131. The first kappa shape index (κ1) is 13.9. The molecule has 1 aromatic rings. The van der Waals surface area contributed by atoms with E-state index in [9.17, 15) is 13.6 Å². The topological polar surface area (TPSA) is 32.3 Å². The number of nitrogens with one attached hydrogen (secondary N) is 1. The van der Waals surface area contributed by atoms with Gasteiger partial charge in [-0.1, -0.05) is 6.07 Å². The van der Waals surface area contributed by atoms with Crippen LogP contribution in [0.4, 0.5) is 8.78 Å². The van der Waals surface area contributed by atoms with Gasteiger partial charge >= 0.3 is 0 Å². The Morgan fingerprint density at radius 1 is 1.47 bits per heavy atom. The molecule has 0 aliphatic carbocycles. The first-order valence-electron chi connectivity index (χ1n) is 6.45. The summed E-state index contributed by atoms with van der Waals surface area (Å²) in [5.74, 6) is -0.847. The summed E-state index contributed by atoms with van der Waals surface area (Å²) in [7, 11) is 1.65. The summed E-state index contributed by atoms with van der Waals surface area (Å²) in [5, 5.41) is 3.21. The zero-order valence-electron chi connectivity index (χ0n) is 11.0. The fourth-order valence-corrected chi connectivity index (χ4v) is 2.29. The zero-order valence-corrected chi connectivity index (χ0v) is 11.0. The van der Waals surface area contributed by atoms with Crippen LogP contribution >= 0.6 is 0 Å². The largest absolute Gasteiger partial charge is 0.341 e. The molecule has 104 valence electrons. The molecule has 1 amide bonds. The maximum atomic E-state index is 13.5. The Bertz CT molecular complexity index is 459. The fourth-order valence-electron chi connectivity index (χ4n) is 2.29. The lowest BCUT2D eigenvalue weighted by atomic mass is 10.0. The van der Waals surface area contributed by atoms with Gasteiger partial charge < -0.3 is 10.2 Å². The molecule has 1 aliphatic heterocycles. The number of rotatable bonds is 4. The van der Waals surface area contributed by atoms with E-state index in [1.165, 1.54) is 17.0 Å². The predicted octanol–water partition coefficient (Wildman–Crippen LogP) is 1.92. The molecule has 19 heavy (non-hydrogen) atoms. The molecule has 1 saturated heterocycles. The Labute approximate surface area is 111 Å². The second kappa shape index (κ2) is 6.10. The molecule has 1 aromatic carbocycles. The molecule has 0 saturated carbocycles. The minimum Gasteiger partial charge on any atom is -0.341 e. The summed E-state index contributed by atoms with van der Waals surface area (Å²) in [5.41, 5.74) is 0.335. The summed E-state index contributed by atoms with van der Waals surface area (Å²) in [4.78, 5) is 13.5. The summed E-state index contributed by atoms with van der Waals surface area (Å²) in [6.07, 6.45) is 1.48. The Morgan fingerprint density at radius 2 is 2.26 bits per heavy atom. The van der Waals surface area contributed by atoms with E-state index in [-0.39, 0.29) is 12.5 Å². The van der Waals surface area contributed by atoms with Crippen LogP contribution in [0, 0.1) is 17.6 Å². The molecule has 1 N–H and O–H groups in total. The number of nitrogens with zero attached hydrogens (tertiary/aromatic N) is 1. The third-order valence-corrected chi connectivity index (χ3v) is 3.47. The van der Waals surface area contributed by atoms with E-state index in [1.54, 1.807) is 7.05 Å². The van der Waals surface area contributed by atoms with Crippen LogP contribution in [0.3, 0.4) is 0 Å². The molecule has 1 unspecified atom stereocenters. The molecule has 1 heterocycles. The molecule has 1 atom stereocenters. The summed E-state index contributed by atoms with van der Waals surface area (Å²) < 4.78 is 26.3.